The molecular weight excluding hydrogens is 246 g/mol. The number of unbranched alkanes of at least 4 members (excludes halogenated alkanes) is 7. The monoisotopic (exact) mass is 275 g/mol. The van der Waals surface area contributed by atoms with Crippen LogP contribution < -0.4 is 0 Å². The number of Topliss-reactive ketones (excluding diaryl/α,β-unsaturated/α-hetero) is 1. The average molecular weight is 275 g/mol. The van der Waals surface area contributed by atoms with Crippen LogP contribution in [0, 0.1) is 5.92 Å². The summed E-state index contributed by atoms with van der Waals surface area (Å²) in [6.07, 6.45) is 17.1. The van der Waals surface area contributed by atoms with Gasteiger partial charge in [0.25, 0.3) is 0 Å². The summed E-state index contributed by atoms with van der Waals surface area (Å²) in [5.41, 5.74) is 0.923. The van der Waals surface area contributed by atoms with E-state index >= 15 is 0 Å². The van der Waals surface area contributed by atoms with Gasteiger partial charge < -0.3 is 4.57 Å². The topological polar surface area (TPSA) is 22.0 Å². The largest absolute Gasteiger partial charge is 0.354 e. The lowest BCUT2D eigenvalue weighted by Crippen LogP contribution is -2.00. The highest BCUT2D eigenvalue weighted by molar-refractivity contribution is 5.99. The summed E-state index contributed by atoms with van der Waals surface area (Å²) in [5.74, 6) is 0.702. The molecule has 0 radical (unpaired) electrons. The van der Waals surface area contributed by atoms with Gasteiger partial charge >= 0.3 is 0 Å². The Morgan fingerprint density at radius 1 is 1.10 bits per heavy atom. The number of nitrogens with zero attached hydrogens (tertiary/aromatic N) is 1. The number of aromatic nitrogens is 1. The third-order valence-corrected chi connectivity index (χ3v) is 4.25. The molecule has 112 valence electrons. The zero-order chi connectivity index (χ0) is 14.2. The van der Waals surface area contributed by atoms with Crippen LogP contribution in [0.5, 0.6) is 0 Å². The molecule has 0 saturated heterocycles. The standard InChI is InChI=1S/C18H29NO/c1-2-3-4-5-6-7-8-9-13-19-14-12-17(15-19)18(20)16-10-11-16/h12,14-16H,2-11,13H2,1H3. The van der Waals surface area contributed by atoms with Gasteiger partial charge in [0.1, 0.15) is 0 Å². The van der Waals surface area contributed by atoms with E-state index in [-0.39, 0.29) is 0 Å². The molecule has 1 heterocycles. The summed E-state index contributed by atoms with van der Waals surface area (Å²) in [5, 5.41) is 0. The predicted molar refractivity (Wildman–Crippen MR) is 84.1 cm³/mol. The first kappa shape index (κ1) is 15.3. The van der Waals surface area contributed by atoms with Crippen LogP contribution in [0.3, 0.4) is 0 Å². The molecule has 0 bridgehead atoms. The van der Waals surface area contributed by atoms with Crippen molar-refractivity contribution in [2.45, 2.75) is 77.7 Å². The molecule has 0 spiro atoms. The van der Waals surface area contributed by atoms with E-state index in [1.54, 1.807) is 0 Å². The van der Waals surface area contributed by atoms with E-state index < -0.39 is 0 Å². The van der Waals surface area contributed by atoms with Crippen molar-refractivity contribution in [1.82, 2.24) is 4.57 Å². The van der Waals surface area contributed by atoms with E-state index in [1.807, 2.05) is 12.3 Å². The van der Waals surface area contributed by atoms with Crippen molar-refractivity contribution in [3.63, 3.8) is 0 Å². The molecule has 0 amide bonds. The Balaban J connectivity index is 1.54. The molecule has 20 heavy (non-hydrogen) atoms. The van der Waals surface area contributed by atoms with E-state index in [1.165, 1.54) is 51.4 Å². The van der Waals surface area contributed by atoms with Crippen molar-refractivity contribution in [2.75, 3.05) is 0 Å². The van der Waals surface area contributed by atoms with Gasteiger partial charge in [0.05, 0.1) is 0 Å². The molecule has 0 aromatic carbocycles. The second-order valence-corrected chi connectivity index (χ2v) is 6.25. The molecule has 1 aromatic heterocycles. The maximum atomic E-state index is 11.9. The molecule has 1 aromatic rings. The van der Waals surface area contributed by atoms with E-state index in [9.17, 15) is 4.79 Å². The fourth-order valence-electron chi connectivity index (χ4n) is 2.74. The van der Waals surface area contributed by atoms with Crippen LogP contribution >= 0.6 is 0 Å². The van der Waals surface area contributed by atoms with Crippen LogP contribution in [0.4, 0.5) is 0 Å². The fraction of sp³-hybridized carbons (Fsp3) is 0.722. The molecule has 1 saturated carbocycles. The highest BCUT2D eigenvalue weighted by atomic mass is 16.1. The number of rotatable bonds is 11. The van der Waals surface area contributed by atoms with Gasteiger partial charge in [-0.25, -0.2) is 0 Å². The number of carbonyl (C=O) groups excluding carboxylic acids is 1. The van der Waals surface area contributed by atoms with Crippen LogP contribution in [0.1, 0.15) is 81.5 Å². The van der Waals surface area contributed by atoms with Crippen LogP contribution in [-0.2, 0) is 6.54 Å². The second kappa shape index (κ2) is 8.28. The van der Waals surface area contributed by atoms with Crippen LogP contribution in [0.25, 0.3) is 0 Å². The first-order valence-corrected chi connectivity index (χ1v) is 8.51. The van der Waals surface area contributed by atoms with Crippen molar-refractivity contribution < 1.29 is 4.79 Å². The average Bonchev–Trinajstić information content (AvgIpc) is 3.20. The van der Waals surface area contributed by atoms with Gasteiger partial charge in [-0.1, -0.05) is 51.9 Å². The number of carbonyl (C=O) groups is 1. The molecule has 2 nitrogen and oxygen atoms in total. The maximum Gasteiger partial charge on any atom is 0.167 e. The molecule has 2 rings (SSSR count). The SMILES string of the molecule is CCCCCCCCCCn1ccc(C(=O)C2CC2)c1. The van der Waals surface area contributed by atoms with Gasteiger partial charge in [-0.3, -0.25) is 4.79 Å². The lowest BCUT2D eigenvalue weighted by molar-refractivity contribution is 0.0967. The van der Waals surface area contributed by atoms with Gasteiger partial charge in [-0.2, -0.15) is 0 Å². The zero-order valence-electron chi connectivity index (χ0n) is 12.9. The van der Waals surface area contributed by atoms with Crippen molar-refractivity contribution >= 4 is 5.78 Å². The summed E-state index contributed by atoms with van der Waals surface area (Å²) < 4.78 is 2.19. The third-order valence-electron chi connectivity index (χ3n) is 4.25. The number of hydrogen-bond donors (Lipinski definition) is 0. The summed E-state index contributed by atoms with van der Waals surface area (Å²) in [7, 11) is 0. The van der Waals surface area contributed by atoms with Crippen LogP contribution in [-0.4, -0.2) is 10.4 Å². The Bertz CT molecular complexity index is 403. The summed E-state index contributed by atoms with van der Waals surface area (Å²) in [6.45, 7) is 3.33. The predicted octanol–water partition coefficient (Wildman–Crippen LogP) is 5.22. The molecule has 1 aliphatic rings. The minimum Gasteiger partial charge on any atom is -0.354 e. The zero-order valence-corrected chi connectivity index (χ0v) is 12.9. The molecule has 0 aliphatic heterocycles. The van der Waals surface area contributed by atoms with Crippen LogP contribution in [0.15, 0.2) is 18.5 Å². The fourth-order valence-corrected chi connectivity index (χ4v) is 2.74. The molecule has 0 N–H and O–H groups in total. The van der Waals surface area contributed by atoms with E-state index in [2.05, 4.69) is 17.7 Å². The summed E-state index contributed by atoms with van der Waals surface area (Å²) in [4.78, 5) is 11.9. The number of hydrogen-bond acceptors (Lipinski definition) is 1. The third kappa shape index (κ3) is 5.15. The Morgan fingerprint density at radius 3 is 2.40 bits per heavy atom. The Morgan fingerprint density at radius 2 is 1.75 bits per heavy atom. The van der Waals surface area contributed by atoms with Gasteiger partial charge in [-0.05, 0) is 25.3 Å². The summed E-state index contributed by atoms with van der Waals surface area (Å²) in [6, 6.07) is 1.99. The number of aryl methyl sites for hydroxylation is 1. The molecule has 2 heteroatoms. The van der Waals surface area contributed by atoms with E-state index in [0.29, 0.717) is 11.7 Å². The number of ketones is 1. The quantitative estimate of drug-likeness (QED) is 0.401. The van der Waals surface area contributed by atoms with Crippen molar-refractivity contribution in [1.29, 1.82) is 0 Å². The smallest absolute Gasteiger partial charge is 0.167 e. The Kier molecular flexibility index (Phi) is 6.35. The highest BCUT2D eigenvalue weighted by Gasteiger charge is 2.30. The lowest BCUT2D eigenvalue weighted by Gasteiger charge is -2.03. The van der Waals surface area contributed by atoms with Crippen molar-refractivity contribution in [3.8, 4) is 0 Å². The molecule has 1 fully saturated rings. The van der Waals surface area contributed by atoms with Crippen molar-refractivity contribution in [3.05, 3.63) is 24.0 Å². The van der Waals surface area contributed by atoms with Gasteiger partial charge in [0.15, 0.2) is 5.78 Å². The van der Waals surface area contributed by atoms with Gasteiger partial charge in [-0.15, -0.1) is 0 Å². The lowest BCUT2D eigenvalue weighted by atomic mass is 10.1. The van der Waals surface area contributed by atoms with Crippen LogP contribution in [0.2, 0.25) is 0 Å². The summed E-state index contributed by atoms with van der Waals surface area (Å²) >= 11 is 0. The second-order valence-electron chi connectivity index (χ2n) is 6.25. The minimum atomic E-state index is 0.342. The van der Waals surface area contributed by atoms with Gasteiger partial charge in [0, 0.05) is 30.4 Å². The van der Waals surface area contributed by atoms with E-state index in [4.69, 9.17) is 0 Å². The first-order chi connectivity index (χ1) is 9.81. The molecule has 0 atom stereocenters. The van der Waals surface area contributed by atoms with E-state index in [0.717, 1.165) is 24.9 Å². The first-order valence-electron chi connectivity index (χ1n) is 8.51. The molecule has 1 aliphatic carbocycles. The Labute approximate surface area is 123 Å². The van der Waals surface area contributed by atoms with Gasteiger partial charge in [0.2, 0.25) is 0 Å². The highest BCUT2D eigenvalue weighted by Crippen LogP contribution is 2.32. The normalized spacial score (nSPS) is 14.7. The molecular formula is C18H29NO. The maximum absolute atomic E-state index is 11.9. The minimum absolute atomic E-state index is 0.342. The van der Waals surface area contributed by atoms with Crippen molar-refractivity contribution in [2.24, 2.45) is 5.92 Å². The molecule has 0 unspecified atom stereocenters. The Hall–Kier alpha value is -1.05.